The molecule has 0 saturated heterocycles. The van der Waals surface area contributed by atoms with Crippen LogP contribution in [0.4, 0.5) is 0 Å². The zero-order chi connectivity index (χ0) is 6.69. The second-order valence-electron chi connectivity index (χ2n) is 2.51. The van der Waals surface area contributed by atoms with Gasteiger partial charge in [-0.1, -0.05) is 6.08 Å². The maximum absolute atomic E-state index is 5.37. The highest BCUT2D eigenvalue weighted by Crippen LogP contribution is 2.36. The molecular weight excluding hydrogens is 112 g/mol. The summed E-state index contributed by atoms with van der Waals surface area (Å²) in [5.74, 6) is 0.794. The molecule has 1 aliphatic rings. The maximum Gasteiger partial charge on any atom is 0.0610 e. The number of hydrogen-bond acceptors (Lipinski definition) is 1. The molecule has 9 heavy (non-hydrogen) atoms. The van der Waals surface area contributed by atoms with Gasteiger partial charge in [0.25, 0.3) is 0 Å². The Bertz CT molecular complexity index is 98.7. The summed E-state index contributed by atoms with van der Waals surface area (Å²) in [6.45, 7) is 6.58. The standard InChI is InChI=1S/C8H14O/c1-3-5-7-6-8(7)9-4-2/h3,7-8H,1,4-6H2,2H3. The Hall–Kier alpha value is -0.300. The molecule has 0 aliphatic heterocycles. The van der Waals surface area contributed by atoms with Crippen molar-refractivity contribution in [2.24, 2.45) is 5.92 Å². The van der Waals surface area contributed by atoms with E-state index in [1.165, 1.54) is 6.42 Å². The van der Waals surface area contributed by atoms with Crippen molar-refractivity contribution in [1.29, 1.82) is 0 Å². The van der Waals surface area contributed by atoms with E-state index >= 15 is 0 Å². The van der Waals surface area contributed by atoms with Gasteiger partial charge in [-0.25, -0.2) is 0 Å². The van der Waals surface area contributed by atoms with Gasteiger partial charge in [0.2, 0.25) is 0 Å². The van der Waals surface area contributed by atoms with E-state index < -0.39 is 0 Å². The first kappa shape index (κ1) is 6.81. The lowest BCUT2D eigenvalue weighted by Crippen LogP contribution is -1.94. The van der Waals surface area contributed by atoms with Crippen LogP contribution >= 0.6 is 0 Å². The average molecular weight is 126 g/mol. The molecule has 2 unspecified atom stereocenters. The second kappa shape index (κ2) is 3.02. The van der Waals surface area contributed by atoms with Crippen molar-refractivity contribution in [2.75, 3.05) is 6.61 Å². The van der Waals surface area contributed by atoms with Gasteiger partial charge in [-0.2, -0.15) is 0 Å². The molecule has 0 aromatic heterocycles. The van der Waals surface area contributed by atoms with E-state index in [0.29, 0.717) is 6.10 Å². The Morgan fingerprint density at radius 3 is 3.11 bits per heavy atom. The van der Waals surface area contributed by atoms with Gasteiger partial charge in [0.05, 0.1) is 6.10 Å². The third-order valence-electron chi connectivity index (χ3n) is 1.71. The van der Waals surface area contributed by atoms with E-state index in [1.54, 1.807) is 0 Å². The minimum absolute atomic E-state index is 0.563. The lowest BCUT2D eigenvalue weighted by atomic mass is 10.3. The van der Waals surface area contributed by atoms with Crippen LogP contribution in [0, 0.1) is 5.92 Å². The molecule has 1 rings (SSSR count). The van der Waals surface area contributed by atoms with Gasteiger partial charge in [-0.3, -0.25) is 0 Å². The molecule has 1 nitrogen and oxygen atoms in total. The fourth-order valence-electron chi connectivity index (χ4n) is 1.10. The highest BCUT2D eigenvalue weighted by atomic mass is 16.5. The number of allylic oxidation sites excluding steroid dienone is 1. The first-order valence-electron chi connectivity index (χ1n) is 3.61. The Morgan fingerprint density at radius 2 is 2.56 bits per heavy atom. The topological polar surface area (TPSA) is 9.23 Å². The molecule has 0 N–H and O–H groups in total. The second-order valence-corrected chi connectivity index (χ2v) is 2.51. The molecular formula is C8H14O. The smallest absolute Gasteiger partial charge is 0.0610 e. The van der Waals surface area contributed by atoms with Crippen LogP contribution in [0.1, 0.15) is 19.8 Å². The fraction of sp³-hybridized carbons (Fsp3) is 0.750. The van der Waals surface area contributed by atoms with Crippen LogP contribution in [0.2, 0.25) is 0 Å². The van der Waals surface area contributed by atoms with E-state index in [1.807, 2.05) is 13.0 Å². The zero-order valence-electron chi connectivity index (χ0n) is 5.97. The van der Waals surface area contributed by atoms with E-state index in [0.717, 1.165) is 18.9 Å². The molecule has 1 aliphatic carbocycles. The predicted molar refractivity (Wildman–Crippen MR) is 38.3 cm³/mol. The minimum Gasteiger partial charge on any atom is -0.378 e. The van der Waals surface area contributed by atoms with Crippen molar-refractivity contribution in [3.05, 3.63) is 12.7 Å². The van der Waals surface area contributed by atoms with Crippen LogP contribution in [0.15, 0.2) is 12.7 Å². The van der Waals surface area contributed by atoms with Crippen LogP contribution in [-0.4, -0.2) is 12.7 Å². The van der Waals surface area contributed by atoms with Gasteiger partial charge in [0.15, 0.2) is 0 Å². The van der Waals surface area contributed by atoms with Crippen molar-refractivity contribution >= 4 is 0 Å². The van der Waals surface area contributed by atoms with Crippen LogP contribution in [0.25, 0.3) is 0 Å². The van der Waals surface area contributed by atoms with Gasteiger partial charge in [0, 0.05) is 6.61 Å². The summed E-state index contributed by atoms with van der Waals surface area (Å²) in [6, 6.07) is 0. The maximum atomic E-state index is 5.37. The zero-order valence-corrected chi connectivity index (χ0v) is 5.97. The molecule has 0 radical (unpaired) electrons. The SMILES string of the molecule is C=CCC1CC1OCC. The molecule has 0 bridgehead atoms. The first-order valence-corrected chi connectivity index (χ1v) is 3.61. The third-order valence-corrected chi connectivity index (χ3v) is 1.71. The third kappa shape index (κ3) is 1.83. The predicted octanol–water partition coefficient (Wildman–Crippen LogP) is 1.99. The van der Waals surface area contributed by atoms with Crippen molar-refractivity contribution < 1.29 is 4.74 Å². The van der Waals surface area contributed by atoms with Gasteiger partial charge >= 0.3 is 0 Å². The summed E-state index contributed by atoms with van der Waals surface area (Å²) in [5, 5.41) is 0. The van der Waals surface area contributed by atoms with Crippen molar-refractivity contribution in [2.45, 2.75) is 25.9 Å². The normalized spacial score (nSPS) is 32.1. The Labute approximate surface area is 56.7 Å². The largest absolute Gasteiger partial charge is 0.378 e. The first-order chi connectivity index (χ1) is 4.38. The molecule has 0 aromatic rings. The van der Waals surface area contributed by atoms with Crippen molar-refractivity contribution in [1.82, 2.24) is 0 Å². The Kier molecular flexibility index (Phi) is 2.29. The summed E-state index contributed by atoms with van der Waals surface area (Å²) < 4.78 is 5.37. The summed E-state index contributed by atoms with van der Waals surface area (Å²) in [7, 11) is 0. The highest BCUT2D eigenvalue weighted by molar-refractivity contribution is 4.92. The highest BCUT2D eigenvalue weighted by Gasteiger charge is 2.36. The molecule has 0 spiro atoms. The van der Waals surface area contributed by atoms with E-state index in [4.69, 9.17) is 4.74 Å². The number of hydrogen-bond donors (Lipinski definition) is 0. The minimum atomic E-state index is 0.563. The molecule has 1 saturated carbocycles. The van der Waals surface area contributed by atoms with Crippen LogP contribution < -0.4 is 0 Å². The molecule has 2 atom stereocenters. The van der Waals surface area contributed by atoms with Crippen molar-refractivity contribution in [3.63, 3.8) is 0 Å². The Morgan fingerprint density at radius 1 is 1.78 bits per heavy atom. The quantitative estimate of drug-likeness (QED) is 0.523. The van der Waals surface area contributed by atoms with Crippen LogP contribution in [0.3, 0.4) is 0 Å². The summed E-state index contributed by atoms with van der Waals surface area (Å²) in [6.07, 6.45) is 4.92. The lowest BCUT2D eigenvalue weighted by molar-refractivity contribution is 0.121. The number of rotatable bonds is 4. The van der Waals surface area contributed by atoms with E-state index in [9.17, 15) is 0 Å². The summed E-state index contributed by atoms with van der Waals surface area (Å²) >= 11 is 0. The monoisotopic (exact) mass is 126 g/mol. The summed E-state index contributed by atoms with van der Waals surface area (Å²) in [4.78, 5) is 0. The van der Waals surface area contributed by atoms with Gasteiger partial charge < -0.3 is 4.74 Å². The van der Waals surface area contributed by atoms with Gasteiger partial charge in [-0.15, -0.1) is 6.58 Å². The van der Waals surface area contributed by atoms with Gasteiger partial charge in [-0.05, 0) is 25.7 Å². The molecule has 0 heterocycles. The van der Waals surface area contributed by atoms with Gasteiger partial charge in [0.1, 0.15) is 0 Å². The molecule has 1 fully saturated rings. The van der Waals surface area contributed by atoms with E-state index in [2.05, 4.69) is 6.58 Å². The lowest BCUT2D eigenvalue weighted by Gasteiger charge is -1.95. The van der Waals surface area contributed by atoms with Crippen molar-refractivity contribution in [3.8, 4) is 0 Å². The van der Waals surface area contributed by atoms with E-state index in [-0.39, 0.29) is 0 Å². The molecule has 1 heteroatoms. The molecule has 52 valence electrons. The van der Waals surface area contributed by atoms with Crippen LogP contribution in [0.5, 0.6) is 0 Å². The van der Waals surface area contributed by atoms with Crippen LogP contribution in [-0.2, 0) is 4.74 Å². The number of ether oxygens (including phenoxy) is 1. The average Bonchev–Trinajstić information content (AvgIpc) is 2.50. The summed E-state index contributed by atoms with van der Waals surface area (Å²) in [5.41, 5.74) is 0. The molecule has 0 aromatic carbocycles. The molecule has 0 amide bonds. The fourth-order valence-corrected chi connectivity index (χ4v) is 1.10. The Balaban J connectivity index is 2.02.